The van der Waals surface area contributed by atoms with Gasteiger partial charge < -0.3 is 0 Å². The molecule has 0 nitrogen and oxygen atoms in total. The molecule has 0 bridgehead atoms. The fraction of sp³-hybridized carbons (Fsp3) is 0.200. The molecule has 0 radical (unpaired) electrons. The van der Waals surface area contributed by atoms with E-state index in [-0.39, 0.29) is 0 Å². The van der Waals surface area contributed by atoms with Crippen molar-refractivity contribution in [3.8, 4) is 0 Å². The van der Waals surface area contributed by atoms with Crippen molar-refractivity contribution in [2.24, 2.45) is 0 Å². The largest absolute Gasteiger partial charge is 0.0876 e. The van der Waals surface area contributed by atoms with Gasteiger partial charge in [0.25, 0.3) is 0 Å². The Hall–Kier alpha value is -0.560. The topological polar surface area (TPSA) is 0 Å². The van der Waals surface area contributed by atoms with Crippen molar-refractivity contribution in [3.63, 3.8) is 0 Å². The van der Waals surface area contributed by atoms with Gasteiger partial charge in [0.2, 0.25) is 0 Å². The highest BCUT2D eigenvalue weighted by molar-refractivity contribution is 9.08. The van der Waals surface area contributed by atoms with Gasteiger partial charge in [0, 0.05) is 5.33 Å². The Morgan fingerprint density at radius 3 is 2.91 bits per heavy atom. The summed E-state index contributed by atoms with van der Waals surface area (Å²) in [5.41, 5.74) is 2.59. The Bertz CT molecular complexity index is 251. The molecule has 0 aliphatic heterocycles. The minimum Gasteiger partial charge on any atom is -0.0876 e. The first-order valence-corrected chi connectivity index (χ1v) is 4.76. The highest BCUT2D eigenvalue weighted by atomic mass is 79.9. The van der Waals surface area contributed by atoms with Gasteiger partial charge in [0.15, 0.2) is 0 Å². The second kappa shape index (κ2) is 4.35. The van der Waals surface area contributed by atoms with Crippen molar-refractivity contribution >= 4 is 22.0 Å². The van der Waals surface area contributed by atoms with E-state index in [4.69, 9.17) is 0 Å². The normalized spacial score (nSPS) is 10.7. The maximum Gasteiger partial charge on any atom is 0.0283 e. The predicted octanol–water partition coefficient (Wildman–Crippen LogP) is 3.61. The molecule has 0 aliphatic rings. The Balaban J connectivity index is 2.91. The molecule has 0 unspecified atom stereocenters. The van der Waals surface area contributed by atoms with Crippen LogP contribution in [-0.4, -0.2) is 0 Å². The second-order valence-electron chi connectivity index (χ2n) is 2.38. The van der Waals surface area contributed by atoms with E-state index in [1.807, 2.05) is 13.0 Å². The summed E-state index contributed by atoms with van der Waals surface area (Å²) in [7, 11) is 0. The molecule has 0 saturated heterocycles. The molecule has 0 amide bonds. The number of halogens is 1. The molecule has 0 fully saturated rings. The smallest absolute Gasteiger partial charge is 0.0283 e. The first kappa shape index (κ1) is 8.54. The minimum absolute atomic E-state index is 0.929. The molecule has 58 valence electrons. The lowest BCUT2D eigenvalue weighted by molar-refractivity contribution is 1.43. The molecule has 1 aromatic carbocycles. The lowest BCUT2D eigenvalue weighted by atomic mass is 10.1. The monoisotopic (exact) mass is 210 g/mol. The van der Waals surface area contributed by atoms with Crippen LogP contribution in [0.2, 0.25) is 0 Å². The van der Waals surface area contributed by atoms with E-state index in [0.29, 0.717) is 0 Å². The first-order valence-electron chi connectivity index (χ1n) is 3.64. The molecule has 1 rings (SSSR count). The molecular formula is C10H11Br. The zero-order chi connectivity index (χ0) is 8.10. The van der Waals surface area contributed by atoms with Crippen molar-refractivity contribution in [1.29, 1.82) is 0 Å². The van der Waals surface area contributed by atoms with E-state index >= 15 is 0 Å². The Labute approximate surface area is 76.1 Å². The maximum absolute atomic E-state index is 3.42. The number of allylic oxidation sites excluding steroid dienone is 1. The average Bonchev–Trinajstić information content (AvgIpc) is 2.06. The van der Waals surface area contributed by atoms with Crippen LogP contribution in [-0.2, 0) is 5.33 Å². The van der Waals surface area contributed by atoms with Crippen LogP contribution in [0.3, 0.4) is 0 Å². The zero-order valence-electron chi connectivity index (χ0n) is 6.55. The summed E-state index contributed by atoms with van der Waals surface area (Å²) in [6, 6.07) is 8.47. The van der Waals surface area contributed by atoms with Crippen LogP contribution in [0.4, 0.5) is 0 Å². The molecule has 1 heteroatoms. The molecule has 0 aliphatic carbocycles. The van der Waals surface area contributed by atoms with Gasteiger partial charge in [-0.25, -0.2) is 0 Å². The highest BCUT2D eigenvalue weighted by Crippen LogP contribution is 2.09. The number of benzene rings is 1. The zero-order valence-corrected chi connectivity index (χ0v) is 8.14. The minimum atomic E-state index is 0.929. The molecule has 0 saturated carbocycles. The van der Waals surface area contributed by atoms with Crippen LogP contribution in [0.1, 0.15) is 18.1 Å². The standard InChI is InChI=1S/C10H11Br/c1-2-4-9-5-3-6-10(7-9)8-11/h2-7H,8H2,1H3/b4-2+. The number of hydrogen-bond acceptors (Lipinski definition) is 0. The fourth-order valence-corrected chi connectivity index (χ4v) is 1.32. The van der Waals surface area contributed by atoms with Crippen LogP contribution in [0.5, 0.6) is 0 Å². The van der Waals surface area contributed by atoms with Crippen LogP contribution < -0.4 is 0 Å². The van der Waals surface area contributed by atoms with E-state index in [1.165, 1.54) is 11.1 Å². The van der Waals surface area contributed by atoms with E-state index in [2.05, 4.69) is 46.3 Å². The third-order valence-electron chi connectivity index (χ3n) is 1.46. The summed E-state index contributed by atoms with van der Waals surface area (Å²) in [4.78, 5) is 0. The van der Waals surface area contributed by atoms with Crippen molar-refractivity contribution in [2.75, 3.05) is 0 Å². The van der Waals surface area contributed by atoms with E-state index < -0.39 is 0 Å². The van der Waals surface area contributed by atoms with Crippen molar-refractivity contribution in [2.45, 2.75) is 12.3 Å². The summed E-state index contributed by atoms with van der Waals surface area (Å²) in [6.07, 6.45) is 4.15. The van der Waals surface area contributed by atoms with Crippen molar-refractivity contribution in [1.82, 2.24) is 0 Å². The van der Waals surface area contributed by atoms with Gasteiger partial charge in [-0.05, 0) is 18.1 Å². The van der Waals surface area contributed by atoms with Gasteiger partial charge in [0.1, 0.15) is 0 Å². The van der Waals surface area contributed by atoms with Crippen LogP contribution >= 0.6 is 15.9 Å². The van der Waals surface area contributed by atoms with E-state index in [1.54, 1.807) is 0 Å². The van der Waals surface area contributed by atoms with Gasteiger partial charge in [-0.3, -0.25) is 0 Å². The summed E-state index contributed by atoms with van der Waals surface area (Å²) in [5.74, 6) is 0. The number of alkyl halides is 1. The Morgan fingerprint density at radius 2 is 2.27 bits per heavy atom. The predicted molar refractivity (Wildman–Crippen MR) is 53.8 cm³/mol. The second-order valence-corrected chi connectivity index (χ2v) is 2.94. The molecule has 0 spiro atoms. The van der Waals surface area contributed by atoms with E-state index in [9.17, 15) is 0 Å². The Morgan fingerprint density at radius 1 is 1.45 bits per heavy atom. The molecule has 0 atom stereocenters. The third kappa shape index (κ3) is 2.51. The molecule has 0 aromatic heterocycles. The van der Waals surface area contributed by atoms with Crippen LogP contribution in [0.15, 0.2) is 30.3 Å². The van der Waals surface area contributed by atoms with Gasteiger partial charge in [0.05, 0.1) is 0 Å². The van der Waals surface area contributed by atoms with Gasteiger partial charge in [-0.1, -0.05) is 52.3 Å². The number of hydrogen-bond donors (Lipinski definition) is 0. The van der Waals surface area contributed by atoms with Crippen LogP contribution in [0, 0.1) is 0 Å². The molecule has 0 heterocycles. The quantitative estimate of drug-likeness (QED) is 0.655. The average molecular weight is 211 g/mol. The lowest BCUT2D eigenvalue weighted by Crippen LogP contribution is -1.77. The number of rotatable bonds is 2. The van der Waals surface area contributed by atoms with E-state index in [0.717, 1.165) is 5.33 Å². The fourth-order valence-electron chi connectivity index (χ4n) is 0.972. The third-order valence-corrected chi connectivity index (χ3v) is 2.11. The van der Waals surface area contributed by atoms with Crippen molar-refractivity contribution < 1.29 is 0 Å². The van der Waals surface area contributed by atoms with Gasteiger partial charge >= 0.3 is 0 Å². The molecule has 11 heavy (non-hydrogen) atoms. The molecular weight excluding hydrogens is 200 g/mol. The summed E-state index contributed by atoms with van der Waals surface area (Å²) in [5, 5.41) is 0.929. The SMILES string of the molecule is C/C=C/c1cccc(CBr)c1. The maximum atomic E-state index is 3.42. The summed E-state index contributed by atoms with van der Waals surface area (Å²) >= 11 is 3.42. The highest BCUT2D eigenvalue weighted by Gasteiger charge is 1.89. The first-order chi connectivity index (χ1) is 5.36. The molecule has 0 N–H and O–H groups in total. The van der Waals surface area contributed by atoms with Crippen molar-refractivity contribution in [3.05, 3.63) is 41.5 Å². The van der Waals surface area contributed by atoms with Gasteiger partial charge in [-0.15, -0.1) is 0 Å². The van der Waals surface area contributed by atoms with Crippen LogP contribution in [0.25, 0.3) is 6.08 Å². The molecule has 1 aromatic rings. The Kier molecular flexibility index (Phi) is 3.37. The summed E-state index contributed by atoms with van der Waals surface area (Å²) < 4.78 is 0. The van der Waals surface area contributed by atoms with Gasteiger partial charge in [-0.2, -0.15) is 0 Å². The lowest BCUT2D eigenvalue weighted by Gasteiger charge is -1.96. The summed E-state index contributed by atoms with van der Waals surface area (Å²) in [6.45, 7) is 2.03.